The number of furan rings is 1. The van der Waals surface area contributed by atoms with Gasteiger partial charge in [0.15, 0.2) is 0 Å². The van der Waals surface area contributed by atoms with Crippen LogP contribution in [0.25, 0.3) is 0 Å². The molecule has 0 amide bonds. The predicted octanol–water partition coefficient (Wildman–Crippen LogP) is 2.98. The Morgan fingerprint density at radius 3 is 2.37 bits per heavy atom. The minimum atomic E-state index is -0.708. The van der Waals surface area contributed by atoms with Gasteiger partial charge < -0.3 is 15.3 Å². The van der Waals surface area contributed by atoms with E-state index in [0.717, 1.165) is 11.3 Å². The molecule has 0 spiro atoms. The second kappa shape index (κ2) is 5.59. The fourth-order valence-corrected chi connectivity index (χ4v) is 2.25. The molecule has 2 atom stereocenters. The smallest absolute Gasteiger partial charge is 0.133 e. The summed E-state index contributed by atoms with van der Waals surface area (Å²) in [5.74, 6) is 1.22. The molecule has 3 heteroatoms. The number of hydrogen-bond donors (Lipinski definition) is 2. The number of hydrogen-bond acceptors (Lipinski definition) is 3. The summed E-state index contributed by atoms with van der Waals surface area (Å²) < 4.78 is 5.50. The summed E-state index contributed by atoms with van der Waals surface area (Å²) in [4.78, 5) is 0. The van der Waals surface area contributed by atoms with E-state index in [1.165, 1.54) is 11.1 Å². The first-order valence-electron chi connectivity index (χ1n) is 6.54. The minimum absolute atomic E-state index is 0.148. The van der Waals surface area contributed by atoms with Crippen molar-refractivity contribution in [2.24, 2.45) is 5.73 Å². The number of aryl methyl sites for hydroxylation is 3. The maximum absolute atomic E-state index is 10.4. The molecule has 0 aliphatic rings. The van der Waals surface area contributed by atoms with Gasteiger partial charge in [0.2, 0.25) is 0 Å². The number of nitrogens with two attached hydrogens (primary N) is 1. The van der Waals surface area contributed by atoms with E-state index in [0.29, 0.717) is 12.3 Å². The molecule has 19 heavy (non-hydrogen) atoms. The SMILES string of the molecule is Cc1ccc(C(O)C(CN)c2ccc(C)c(C)c2)o1. The van der Waals surface area contributed by atoms with Gasteiger partial charge in [0.1, 0.15) is 17.6 Å². The Morgan fingerprint density at radius 2 is 1.84 bits per heavy atom. The van der Waals surface area contributed by atoms with Gasteiger partial charge in [0.25, 0.3) is 0 Å². The van der Waals surface area contributed by atoms with E-state index >= 15 is 0 Å². The first-order valence-corrected chi connectivity index (χ1v) is 6.54. The highest BCUT2D eigenvalue weighted by Crippen LogP contribution is 2.31. The van der Waals surface area contributed by atoms with Gasteiger partial charge in [-0.05, 0) is 49.6 Å². The van der Waals surface area contributed by atoms with Crippen LogP contribution in [0.15, 0.2) is 34.7 Å². The van der Waals surface area contributed by atoms with Crippen LogP contribution in [0, 0.1) is 20.8 Å². The van der Waals surface area contributed by atoms with Gasteiger partial charge in [-0.25, -0.2) is 0 Å². The number of aliphatic hydroxyl groups is 1. The molecule has 0 aliphatic heterocycles. The van der Waals surface area contributed by atoms with Crippen molar-refractivity contribution < 1.29 is 9.52 Å². The molecule has 0 aliphatic carbocycles. The van der Waals surface area contributed by atoms with E-state index in [4.69, 9.17) is 10.2 Å². The van der Waals surface area contributed by atoms with Crippen molar-refractivity contribution in [2.45, 2.75) is 32.8 Å². The molecule has 2 rings (SSSR count). The molecule has 1 aromatic heterocycles. The topological polar surface area (TPSA) is 59.4 Å². The Morgan fingerprint density at radius 1 is 1.11 bits per heavy atom. The maximum atomic E-state index is 10.4. The third-order valence-electron chi connectivity index (χ3n) is 3.65. The van der Waals surface area contributed by atoms with Crippen LogP contribution < -0.4 is 5.73 Å². The number of aliphatic hydroxyl groups excluding tert-OH is 1. The summed E-state index contributed by atoms with van der Waals surface area (Å²) in [7, 11) is 0. The Hall–Kier alpha value is -1.58. The van der Waals surface area contributed by atoms with Gasteiger partial charge in [-0.2, -0.15) is 0 Å². The van der Waals surface area contributed by atoms with E-state index in [2.05, 4.69) is 26.0 Å². The average molecular weight is 259 g/mol. The third-order valence-corrected chi connectivity index (χ3v) is 3.65. The zero-order valence-electron chi connectivity index (χ0n) is 11.7. The van der Waals surface area contributed by atoms with Gasteiger partial charge in [-0.1, -0.05) is 18.2 Å². The van der Waals surface area contributed by atoms with E-state index < -0.39 is 6.10 Å². The normalized spacial score (nSPS) is 14.4. The quantitative estimate of drug-likeness (QED) is 0.887. The molecule has 2 aromatic rings. The van der Waals surface area contributed by atoms with Crippen LogP contribution >= 0.6 is 0 Å². The summed E-state index contributed by atoms with van der Waals surface area (Å²) in [6, 6.07) is 9.84. The molecule has 1 aromatic carbocycles. The Labute approximate surface area is 114 Å². The van der Waals surface area contributed by atoms with Crippen LogP contribution in [-0.4, -0.2) is 11.7 Å². The van der Waals surface area contributed by atoms with Gasteiger partial charge in [-0.15, -0.1) is 0 Å². The Kier molecular flexibility index (Phi) is 4.08. The Bertz CT molecular complexity index is 560. The standard InChI is InChI=1S/C16H21NO2/c1-10-4-6-13(8-11(10)2)14(9-17)16(18)15-7-5-12(3)19-15/h4-8,14,16,18H,9,17H2,1-3H3. The van der Waals surface area contributed by atoms with Gasteiger partial charge in [0.05, 0.1) is 0 Å². The maximum Gasteiger partial charge on any atom is 0.133 e. The van der Waals surface area contributed by atoms with Gasteiger partial charge in [0, 0.05) is 12.5 Å². The van der Waals surface area contributed by atoms with Crippen molar-refractivity contribution in [3.05, 3.63) is 58.5 Å². The Balaban J connectivity index is 2.30. The molecular formula is C16H21NO2. The lowest BCUT2D eigenvalue weighted by molar-refractivity contribution is 0.121. The van der Waals surface area contributed by atoms with Crippen LogP contribution in [0.5, 0.6) is 0 Å². The monoisotopic (exact) mass is 259 g/mol. The second-order valence-electron chi connectivity index (χ2n) is 5.08. The fourth-order valence-electron chi connectivity index (χ4n) is 2.25. The first-order chi connectivity index (χ1) is 9.02. The summed E-state index contributed by atoms with van der Waals surface area (Å²) in [6.45, 7) is 6.38. The molecule has 0 fully saturated rings. The molecule has 1 heterocycles. The van der Waals surface area contributed by atoms with Gasteiger partial charge in [-0.3, -0.25) is 0 Å². The van der Waals surface area contributed by atoms with Crippen LogP contribution in [0.4, 0.5) is 0 Å². The van der Waals surface area contributed by atoms with E-state index in [1.54, 1.807) is 0 Å². The molecule has 0 saturated heterocycles. The van der Waals surface area contributed by atoms with E-state index in [1.807, 2.05) is 25.1 Å². The van der Waals surface area contributed by atoms with Crippen molar-refractivity contribution in [3.63, 3.8) is 0 Å². The zero-order chi connectivity index (χ0) is 14.0. The molecule has 0 bridgehead atoms. The third kappa shape index (κ3) is 2.88. The predicted molar refractivity (Wildman–Crippen MR) is 76.1 cm³/mol. The highest BCUT2D eigenvalue weighted by atomic mass is 16.4. The largest absolute Gasteiger partial charge is 0.464 e. The van der Waals surface area contributed by atoms with E-state index in [9.17, 15) is 5.11 Å². The average Bonchev–Trinajstić information content (AvgIpc) is 2.81. The minimum Gasteiger partial charge on any atom is -0.464 e. The van der Waals surface area contributed by atoms with Crippen molar-refractivity contribution in [1.29, 1.82) is 0 Å². The van der Waals surface area contributed by atoms with Gasteiger partial charge >= 0.3 is 0 Å². The van der Waals surface area contributed by atoms with Crippen LogP contribution in [0.2, 0.25) is 0 Å². The second-order valence-corrected chi connectivity index (χ2v) is 5.08. The molecule has 2 unspecified atom stereocenters. The summed E-state index contributed by atoms with van der Waals surface area (Å²) in [5.41, 5.74) is 9.33. The van der Waals surface area contributed by atoms with Crippen LogP contribution in [0.1, 0.15) is 40.2 Å². The van der Waals surface area contributed by atoms with Crippen LogP contribution in [-0.2, 0) is 0 Å². The lowest BCUT2D eigenvalue weighted by atomic mass is 9.90. The molecular weight excluding hydrogens is 238 g/mol. The molecule has 0 saturated carbocycles. The first kappa shape index (κ1) is 13.8. The zero-order valence-corrected chi connectivity index (χ0v) is 11.7. The van der Waals surface area contributed by atoms with Crippen molar-refractivity contribution in [2.75, 3.05) is 6.54 Å². The van der Waals surface area contributed by atoms with Crippen molar-refractivity contribution in [1.82, 2.24) is 0 Å². The van der Waals surface area contributed by atoms with Crippen LogP contribution in [0.3, 0.4) is 0 Å². The highest BCUT2D eigenvalue weighted by molar-refractivity contribution is 5.33. The number of rotatable bonds is 4. The van der Waals surface area contributed by atoms with Crippen molar-refractivity contribution >= 4 is 0 Å². The lowest BCUT2D eigenvalue weighted by Gasteiger charge is -2.21. The molecule has 3 nitrogen and oxygen atoms in total. The number of benzene rings is 1. The molecule has 0 radical (unpaired) electrons. The van der Waals surface area contributed by atoms with E-state index in [-0.39, 0.29) is 5.92 Å². The summed E-state index contributed by atoms with van der Waals surface area (Å²) >= 11 is 0. The summed E-state index contributed by atoms with van der Waals surface area (Å²) in [5, 5.41) is 10.4. The van der Waals surface area contributed by atoms with Crippen molar-refractivity contribution in [3.8, 4) is 0 Å². The lowest BCUT2D eigenvalue weighted by Crippen LogP contribution is -2.20. The molecule has 102 valence electrons. The molecule has 3 N–H and O–H groups in total. The fraction of sp³-hybridized carbons (Fsp3) is 0.375. The summed E-state index contributed by atoms with van der Waals surface area (Å²) in [6.07, 6.45) is -0.708. The highest BCUT2D eigenvalue weighted by Gasteiger charge is 2.24.